The van der Waals surface area contributed by atoms with Crippen molar-refractivity contribution in [3.63, 3.8) is 0 Å². The molecule has 30 heavy (non-hydrogen) atoms. The Morgan fingerprint density at radius 2 is 1.63 bits per heavy atom. The summed E-state index contributed by atoms with van der Waals surface area (Å²) >= 11 is 0. The van der Waals surface area contributed by atoms with E-state index in [2.05, 4.69) is 15.4 Å². The fourth-order valence-corrected chi connectivity index (χ4v) is 3.64. The highest BCUT2D eigenvalue weighted by molar-refractivity contribution is 5.76. The summed E-state index contributed by atoms with van der Waals surface area (Å²) in [6.45, 7) is 3.83. The zero-order valence-corrected chi connectivity index (χ0v) is 15.9. The maximum atomic E-state index is 13.1. The van der Waals surface area contributed by atoms with Crippen LogP contribution in [0.1, 0.15) is 44.2 Å². The van der Waals surface area contributed by atoms with Crippen molar-refractivity contribution in [2.75, 3.05) is 0 Å². The van der Waals surface area contributed by atoms with Crippen LogP contribution in [0.3, 0.4) is 0 Å². The van der Waals surface area contributed by atoms with E-state index >= 15 is 0 Å². The van der Waals surface area contributed by atoms with Crippen LogP contribution in [-0.2, 0) is 22.7 Å². The van der Waals surface area contributed by atoms with Crippen LogP contribution in [0.2, 0.25) is 0 Å². The van der Waals surface area contributed by atoms with E-state index in [0.717, 1.165) is 4.80 Å². The van der Waals surface area contributed by atoms with Gasteiger partial charge in [0.05, 0.1) is 11.1 Å². The average Bonchev–Trinajstić information content (AvgIpc) is 3.12. The van der Waals surface area contributed by atoms with Crippen LogP contribution in [0.4, 0.5) is 26.3 Å². The van der Waals surface area contributed by atoms with Gasteiger partial charge in [0.25, 0.3) is 0 Å². The standard InChI is InChI=1S/C18H18F6N4O2/c1-9-3-4-16(15(29)30,8-10(9)2)28-26-14(25-27-28)11-5-12(17(19,20)21)7-13(6-11)18(22,23)24/h5-7,9-10H,3-4,8H2,1-2H3,(H,29,30). The molecule has 1 aromatic heterocycles. The molecule has 1 N–H and O–H groups in total. The van der Waals surface area contributed by atoms with E-state index in [9.17, 15) is 36.2 Å². The SMILES string of the molecule is CC1CCC(C(=O)O)(n2nnc(-c3cc(C(F)(F)F)cc(C(F)(F)F)c3)n2)CC1C. The summed E-state index contributed by atoms with van der Waals surface area (Å²) in [6, 6.07) is 0.960. The summed E-state index contributed by atoms with van der Waals surface area (Å²) in [5, 5.41) is 20.9. The number of hydrogen-bond donors (Lipinski definition) is 1. The van der Waals surface area contributed by atoms with E-state index in [1.807, 2.05) is 13.8 Å². The second kappa shape index (κ2) is 7.24. The van der Waals surface area contributed by atoms with Gasteiger partial charge in [-0.25, -0.2) is 4.79 Å². The van der Waals surface area contributed by atoms with Crippen LogP contribution < -0.4 is 0 Å². The zero-order valence-electron chi connectivity index (χ0n) is 15.9. The summed E-state index contributed by atoms with van der Waals surface area (Å²) in [4.78, 5) is 12.8. The van der Waals surface area contributed by atoms with Crippen LogP contribution in [0.5, 0.6) is 0 Å². The minimum Gasteiger partial charge on any atom is -0.479 e. The second-order valence-corrected chi connectivity index (χ2v) is 7.73. The van der Waals surface area contributed by atoms with Gasteiger partial charge in [-0.2, -0.15) is 26.3 Å². The Balaban J connectivity index is 2.08. The van der Waals surface area contributed by atoms with Crippen LogP contribution in [-0.4, -0.2) is 31.3 Å². The lowest BCUT2D eigenvalue weighted by atomic mass is 9.71. The molecule has 2 aromatic rings. The van der Waals surface area contributed by atoms with E-state index in [1.54, 1.807) is 0 Å². The number of carbonyl (C=O) groups is 1. The van der Waals surface area contributed by atoms with Crippen molar-refractivity contribution in [1.29, 1.82) is 0 Å². The van der Waals surface area contributed by atoms with E-state index in [4.69, 9.17) is 0 Å². The lowest BCUT2D eigenvalue weighted by Crippen LogP contribution is -2.48. The first-order chi connectivity index (χ1) is 13.7. The minimum absolute atomic E-state index is 0.00311. The third kappa shape index (κ3) is 3.99. The second-order valence-electron chi connectivity index (χ2n) is 7.73. The van der Waals surface area contributed by atoms with Gasteiger partial charge in [-0.3, -0.25) is 0 Å². The molecule has 0 radical (unpaired) electrons. The highest BCUT2D eigenvalue weighted by atomic mass is 19.4. The summed E-state index contributed by atoms with van der Waals surface area (Å²) in [5.41, 5.74) is -5.15. The van der Waals surface area contributed by atoms with Crippen LogP contribution in [0.25, 0.3) is 11.4 Å². The van der Waals surface area contributed by atoms with Gasteiger partial charge in [0, 0.05) is 5.56 Å². The topological polar surface area (TPSA) is 80.9 Å². The number of hydrogen-bond acceptors (Lipinski definition) is 4. The molecule has 0 bridgehead atoms. The number of aromatic nitrogens is 4. The van der Waals surface area contributed by atoms with Gasteiger partial charge in [0.15, 0.2) is 5.54 Å². The highest BCUT2D eigenvalue weighted by Crippen LogP contribution is 2.41. The van der Waals surface area contributed by atoms with Gasteiger partial charge in [0.1, 0.15) is 0 Å². The molecule has 1 aromatic carbocycles. The van der Waals surface area contributed by atoms with Gasteiger partial charge in [0.2, 0.25) is 5.82 Å². The fraction of sp³-hybridized carbons (Fsp3) is 0.556. The number of benzene rings is 1. The van der Waals surface area contributed by atoms with Crippen molar-refractivity contribution in [2.24, 2.45) is 11.8 Å². The molecule has 12 heteroatoms. The minimum atomic E-state index is -5.02. The Morgan fingerprint density at radius 3 is 2.10 bits per heavy atom. The number of carboxylic acid groups (broad SMARTS) is 1. The van der Waals surface area contributed by atoms with Crippen molar-refractivity contribution in [1.82, 2.24) is 20.2 Å². The fourth-order valence-electron chi connectivity index (χ4n) is 3.64. The maximum absolute atomic E-state index is 13.1. The molecule has 1 fully saturated rings. The lowest BCUT2D eigenvalue weighted by Gasteiger charge is -2.38. The molecule has 6 nitrogen and oxygen atoms in total. The molecule has 1 aliphatic rings. The number of nitrogens with zero attached hydrogens (tertiary/aromatic N) is 4. The largest absolute Gasteiger partial charge is 0.479 e. The quantitative estimate of drug-likeness (QED) is 0.711. The molecule has 1 aliphatic carbocycles. The first-order valence-corrected chi connectivity index (χ1v) is 9.08. The van der Waals surface area contributed by atoms with E-state index in [-0.39, 0.29) is 30.7 Å². The molecule has 0 amide bonds. The smallest absolute Gasteiger partial charge is 0.416 e. The van der Waals surface area contributed by atoms with Crippen molar-refractivity contribution in [3.05, 3.63) is 29.3 Å². The first-order valence-electron chi connectivity index (χ1n) is 9.08. The van der Waals surface area contributed by atoms with E-state index < -0.39 is 46.4 Å². The number of alkyl halides is 6. The lowest BCUT2D eigenvalue weighted by molar-refractivity contribution is -0.153. The summed E-state index contributed by atoms with van der Waals surface area (Å²) < 4.78 is 78.5. The Kier molecular flexibility index (Phi) is 5.32. The molecular weight excluding hydrogens is 418 g/mol. The van der Waals surface area contributed by atoms with Crippen molar-refractivity contribution < 1.29 is 36.2 Å². The van der Waals surface area contributed by atoms with E-state index in [1.165, 1.54) is 0 Å². The first kappa shape index (κ1) is 22.0. The average molecular weight is 436 g/mol. The third-order valence-corrected chi connectivity index (χ3v) is 5.68. The van der Waals surface area contributed by atoms with Gasteiger partial charge in [-0.15, -0.1) is 15.0 Å². The number of carboxylic acids is 1. The molecule has 0 saturated heterocycles. The molecule has 1 saturated carbocycles. The number of rotatable bonds is 3. The summed E-state index contributed by atoms with van der Waals surface area (Å²) in [7, 11) is 0. The maximum Gasteiger partial charge on any atom is 0.416 e. The molecule has 3 unspecified atom stereocenters. The number of aliphatic carboxylic acids is 1. The number of tetrazole rings is 1. The Hall–Kier alpha value is -2.66. The summed E-state index contributed by atoms with van der Waals surface area (Å²) in [6.07, 6.45) is -9.17. The Labute approximate surface area is 166 Å². The molecule has 0 spiro atoms. The third-order valence-electron chi connectivity index (χ3n) is 5.68. The van der Waals surface area contributed by atoms with E-state index in [0.29, 0.717) is 18.6 Å². The predicted octanol–water partition coefficient (Wildman–Crippen LogP) is 4.61. The van der Waals surface area contributed by atoms with Crippen LogP contribution in [0, 0.1) is 11.8 Å². The van der Waals surface area contributed by atoms with Gasteiger partial charge >= 0.3 is 18.3 Å². The van der Waals surface area contributed by atoms with Crippen LogP contribution in [0.15, 0.2) is 18.2 Å². The van der Waals surface area contributed by atoms with Gasteiger partial charge < -0.3 is 5.11 Å². The molecule has 164 valence electrons. The van der Waals surface area contributed by atoms with Gasteiger partial charge in [-0.05, 0) is 54.5 Å². The van der Waals surface area contributed by atoms with Crippen molar-refractivity contribution >= 4 is 5.97 Å². The summed E-state index contributed by atoms with van der Waals surface area (Å²) in [5.74, 6) is -1.50. The molecule has 3 rings (SSSR count). The highest BCUT2D eigenvalue weighted by Gasteiger charge is 2.48. The number of halogens is 6. The zero-order chi connectivity index (χ0) is 22.5. The van der Waals surface area contributed by atoms with Crippen molar-refractivity contribution in [2.45, 2.75) is 51.0 Å². The molecule has 0 aliphatic heterocycles. The predicted molar refractivity (Wildman–Crippen MR) is 91.0 cm³/mol. The Bertz CT molecular complexity index is 923. The molecule has 1 heterocycles. The molecule has 3 atom stereocenters. The Morgan fingerprint density at radius 1 is 1.07 bits per heavy atom. The van der Waals surface area contributed by atoms with Gasteiger partial charge in [-0.1, -0.05) is 13.8 Å². The monoisotopic (exact) mass is 436 g/mol. The van der Waals surface area contributed by atoms with Crippen molar-refractivity contribution in [3.8, 4) is 11.4 Å². The molecular formula is C18H18F6N4O2. The normalized spacial score (nSPS) is 25.3. The van der Waals surface area contributed by atoms with Crippen LogP contribution >= 0.6 is 0 Å².